The third kappa shape index (κ3) is 3.81. The molecule has 0 aliphatic heterocycles. The Morgan fingerprint density at radius 2 is 2.18 bits per heavy atom. The summed E-state index contributed by atoms with van der Waals surface area (Å²) in [4.78, 5) is 2.04. The molecule has 0 radical (unpaired) electrons. The Kier molecular flexibility index (Phi) is 5.08. The molecule has 0 aliphatic carbocycles. The zero-order valence-corrected chi connectivity index (χ0v) is 10.2. The Morgan fingerprint density at radius 1 is 1.47 bits per heavy atom. The van der Waals surface area contributed by atoms with Gasteiger partial charge in [0.15, 0.2) is 0 Å². The van der Waals surface area contributed by atoms with E-state index in [1.807, 2.05) is 24.8 Å². The fourth-order valence-corrected chi connectivity index (χ4v) is 1.66. The largest absolute Gasteiger partial charge is 0.395 e. The summed E-state index contributed by atoms with van der Waals surface area (Å²) < 4.78 is 13.0. The number of hydrogen-bond donors (Lipinski definition) is 1. The molecule has 0 saturated heterocycles. The van der Waals surface area contributed by atoms with Crippen LogP contribution in [-0.4, -0.2) is 29.2 Å². The number of hydrogen-bond acceptors (Lipinski definition) is 3. The number of benzene rings is 1. The Bertz CT molecular complexity index is 412. The van der Waals surface area contributed by atoms with E-state index in [4.69, 9.17) is 10.4 Å². The van der Waals surface area contributed by atoms with Gasteiger partial charge >= 0.3 is 0 Å². The quantitative estimate of drug-likeness (QED) is 0.849. The fraction of sp³-hybridized carbons (Fsp3) is 0.462. The first kappa shape index (κ1) is 13.6. The normalized spacial score (nSPS) is 10.9. The summed E-state index contributed by atoms with van der Waals surface area (Å²) in [5.74, 6) is -0.399. The molecule has 0 aromatic heterocycles. The van der Waals surface area contributed by atoms with Crippen molar-refractivity contribution in [2.45, 2.75) is 26.4 Å². The summed E-state index contributed by atoms with van der Waals surface area (Å²) in [6, 6.07) is 6.48. The van der Waals surface area contributed by atoms with E-state index >= 15 is 0 Å². The summed E-state index contributed by atoms with van der Waals surface area (Å²) in [6.45, 7) is 5.19. The molecule has 0 aliphatic rings. The smallest absolute Gasteiger partial charge is 0.124 e. The molecule has 1 aromatic carbocycles. The van der Waals surface area contributed by atoms with Crippen LogP contribution in [-0.2, 0) is 6.54 Å². The molecular weight excluding hydrogens is 219 g/mol. The molecule has 1 aromatic rings. The van der Waals surface area contributed by atoms with Crippen LogP contribution in [0.3, 0.4) is 0 Å². The van der Waals surface area contributed by atoms with Crippen LogP contribution in [0.15, 0.2) is 18.2 Å². The van der Waals surface area contributed by atoms with Crippen molar-refractivity contribution in [3.05, 3.63) is 35.1 Å². The van der Waals surface area contributed by atoms with Crippen LogP contribution in [0.25, 0.3) is 0 Å². The van der Waals surface area contributed by atoms with Gasteiger partial charge in [-0.2, -0.15) is 5.26 Å². The van der Waals surface area contributed by atoms with Crippen LogP contribution in [0.5, 0.6) is 0 Å². The second-order valence-corrected chi connectivity index (χ2v) is 4.20. The minimum absolute atomic E-state index is 0.0707. The minimum atomic E-state index is -0.399. The molecule has 0 spiro atoms. The first-order valence-electron chi connectivity index (χ1n) is 5.62. The Morgan fingerprint density at radius 3 is 2.71 bits per heavy atom. The van der Waals surface area contributed by atoms with E-state index < -0.39 is 5.82 Å². The number of halogens is 1. The lowest BCUT2D eigenvalue weighted by Gasteiger charge is -2.25. The number of aliphatic hydroxyl groups is 1. The van der Waals surface area contributed by atoms with Crippen molar-refractivity contribution in [1.82, 2.24) is 4.90 Å². The average Bonchev–Trinajstić information content (AvgIpc) is 2.30. The third-order valence-electron chi connectivity index (χ3n) is 2.68. The number of nitriles is 1. The standard InChI is InChI=1S/C13H17FN2O/c1-10(2)16(5-6-17)9-11-3-4-13(14)7-12(11)8-15/h3-4,7,10,17H,5-6,9H2,1-2H3. The molecule has 17 heavy (non-hydrogen) atoms. The monoisotopic (exact) mass is 236 g/mol. The van der Waals surface area contributed by atoms with E-state index in [0.29, 0.717) is 18.7 Å². The lowest BCUT2D eigenvalue weighted by molar-refractivity contribution is 0.159. The van der Waals surface area contributed by atoms with Crippen molar-refractivity contribution in [2.75, 3.05) is 13.2 Å². The van der Waals surface area contributed by atoms with Crippen LogP contribution in [0.1, 0.15) is 25.0 Å². The number of aliphatic hydroxyl groups excluding tert-OH is 1. The first-order valence-corrected chi connectivity index (χ1v) is 5.62. The van der Waals surface area contributed by atoms with Gasteiger partial charge < -0.3 is 5.11 Å². The van der Waals surface area contributed by atoms with Crippen molar-refractivity contribution in [3.8, 4) is 6.07 Å². The van der Waals surface area contributed by atoms with Gasteiger partial charge in [0, 0.05) is 19.1 Å². The van der Waals surface area contributed by atoms with Gasteiger partial charge in [-0.3, -0.25) is 4.90 Å². The molecule has 0 atom stereocenters. The summed E-state index contributed by atoms with van der Waals surface area (Å²) in [7, 11) is 0. The van der Waals surface area contributed by atoms with Gasteiger partial charge in [0.2, 0.25) is 0 Å². The fourth-order valence-electron chi connectivity index (χ4n) is 1.66. The van der Waals surface area contributed by atoms with Crippen molar-refractivity contribution in [2.24, 2.45) is 0 Å². The molecule has 1 N–H and O–H groups in total. The summed E-state index contributed by atoms with van der Waals surface area (Å²) in [5.41, 5.74) is 1.14. The van der Waals surface area contributed by atoms with Gasteiger partial charge in [-0.05, 0) is 31.5 Å². The van der Waals surface area contributed by atoms with Crippen LogP contribution < -0.4 is 0 Å². The molecule has 0 saturated carbocycles. The lowest BCUT2D eigenvalue weighted by Crippen LogP contribution is -2.33. The van der Waals surface area contributed by atoms with E-state index in [0.717, 1.165) is 5.56 Å². The summed E-state index contributed by atoms with van der Waals surface area (Å²) in [6.07, 6.45) is 0. The number of nitrogens with zero attached hydrogens (tertiary/aromatic N) is 2. The first-order chi connectivity index (χ1) is 8.08. The zero-order chi connectivity index (χ0) is 12.8. The predicted molar refractivity (Wildman–Crippen MR) is 63.7 cm³/mol. The highest BCUT2D eigenvalue weighted by Crippen LogP contribution is 2.14. The highest BCUT2D eigenvalue weighted by molar-refractivity contribution is 5.37. The van der Waals surface area contributed by atoms with Gasteiger partial charge in [-0.25, -0.2) is 4.39 Å². The Labute approximate surface area is 101 Å². The predicted octanol–water partition coefficient (Wildman–Crippen LogP) is 1.90. The summed E-state index contributed by atoms with van der Waals surface area (Å²) >= 11 is 0. The van der Waals surface area contributed by atoms with E-state index in [1.165, 1.54) is 12.1 Å². The van der Waals surface area contributed by atoms with E-state index in [-0.39, 0.29) is 12.6 Å². The molecular formula is C13H17FN2O. The maximum Gasteiger partial charge on any atom is 0.124 e. The van der Waals surface area contributed by atoms with Crippen LogP contribution in [0.4, 0.5) is 4.39 Å². The molecule has 0 heterocycles. The highest BCUT2D eigenvalue weighted by Gasteiger charge is 2.12. The van der Waals surface area contributed by atoms with Gasteiger partial charge in [-0.15, -0.1) is 0 Å². The molecule has 92 valence electrons. The van der Waals surface area contributed by atoms with Gasteiger partial charge in [-0.1, -0.05) is 6.07 Å². The molecule has 0 amide bonds. The second kappa shape index (κ2) is 6.33. The SMILES string of the molecule is CC(C)N(CCO)Cc1ccc(F)cc1C#N. The molecule has 1 rings (SSSR count). The van der Waals surface area contributed by atoms with E-state index in [9.17, 15) is 4.39 Å². The van der Waals surface area contributed by atoms with Crippen molar-refractivity contribution in [3.63, 3.8) is 0 Å². The van der Waals surface area contributed by atoms with Crippen LogP contribution >= 0.6 is 0 Å². The zero-order valence-electron chi connectivity index (χ0n) is 10.2. The topological polar surface area (TPSA) is 47.3 Å². The molecule has 4 heteroatoms. The average molecular weight is 236 g/mol. The van der Waals surface area contributed by atoms with Crippen molar-refractivity contribution >= 4 is 0 Å². The Hall–Kier alpha value is -1.44. The molecule has 0 fully saturated rings. The van der Waals surface area contributed by atoms with Gasteiger partial charge in [0.1, 0.15) is 5.82 Å². The molecule has 0 bridgehead atoms. The van der Waals surface area contributed by atoms with Crippen molar-refractivity contribution in [1.29, 1.82) is 5.26 Å². The van der Waals surface area contributed by atoms with E-state index in [1.54, 1.807) is 6.07 Å². The summed E-state index contributed by atoms with van der Waals surface area (Å²) in [5, 5.41) is 17.9. The van der Waals surface area contributed by atoms with Gasteiger partial charge in [0.25, 0.3) is 0 Å². The maximum absolute atomic E-state index is 13.0. The lowest BCUT2D eigenvalue weighted by atomic mass is 10.1. The number of rotatable bonds is 5. The maximum atomic E-state index is 13.0. The molecule has 0 unspecified atom stereocenters. The third-order valence-corrected chi connectivity index (χ3v) is 2.68. The van der Waals surface area contributed by atoms with E-state index in [2.05, 4.69) is 0 Å². The van der Waals surface area contributed by atoms with Crippen molar-refractivity contribution < 1.29 is 9.50 Å². The van der Waals surface area contributed by atoms with Gasteiger partial charge in [0.05, 0.1) is 18.2 Å². The Balaban J connectivity index is 2.89. The minimum Gasteiger partial charge on any atom is -0.395 e. The van der Waals surface area contributed by atoms with Crippen LogP contribution in [0, 0.1) is 17.1 Å². The second-order valence-electron chi connectivity index (χ2n) is 4.20. The highest BCUT2D eigenvalue weighted by atomic mass is 19.1. The van der Waals surface area contributed by atoms with Crippen LogP contribution in [0.2, 0.25) is 0 Å². The molecule has 3 nitrogen and oxygen atoms in total.